The van der Waals surface area contributed by atoms with Crippen LogP contribution in [0.5, 0.6) is 0 Å². The van der Waals surface area contributed by atoms with Crippen molar-refractivity contribution in [3.8, 4) is 0 Å². The number of hydrogen-bond acceptors (Lipinski definition) is 3. The van der Waals surface area contributed by atoms with E-state index in [-0.39, 0.29) is 5.41 Å². The second-order valence-corrected chi connectivity index (χ2v) is 4.72. The maximum atomic E-state index is 5.64. The first-order chi connectivity index (χ1) is 7.80. The zero-order valence-electron chi connectivity index (χ0n) is 10.3. The molecule has 0 amide bonds. The summed E-state index contributed by atoms with van der Waals surface area (Å²) in [6, 6.07) is 4.12. The van der Waals surface area contributed by atoms with E-state index in [1.807, 2.05) is 13.1 Å². The molecule has 0 unspecified atom stereocenters. The van der Waals surface area contributed by atoms with E-state index in [9.17, 15) is 0 Å². The van der Waals surface area contributed by atoms with Gasteiger partial charge in [0.1, 0.15) is 5.76 Å². The molecule has 0 bridgehead atoms. The summed E-state index contributed by atoms with van der Waals surface area (Å²) < 4.78 is 5.64. The molecule has 0 spiro atoms. The van der Waals surface area contributed by atoms with Crippen molar-refractivity contribution in [2.45, 2.75) is 25.2 Å². The van der Waals surface area contributed by atoms with Crippen molar-refractivity contribution in [3.63, 3.8) is 0 Å². The lowest BCUT2D eigenvalue weighted by Crippen LogP contribution is -2.47. The Labute approximate surface area is 97.8 Å². The van der Waals surface area contributed by atoms with Crippen molar-refractivity contribution in [1.82, 2.24) is 10.2 Å². The van der Waals surface area contributed by atoms with Crippen molar-refractivity contribution in [3.05, 3.63) is 24.2 Å². The van der Waals surface area contributed by atoms with E-state index < -0.39 is 0 Å². The molecule has 1 aromatic heterocycles. The average Bonchev–Trinajstić information content (AvgIpc) is 2.84. The summed E-state index contributed by atoms with van der Waals surface area (Å²) in [4.78, 5) is 2.51. The molecule has 0 aliphatic carbocycles. The molecule has 1 fully saturated rings. The van der Waals surface area contributed by atoms with Crippen LogP contribution < -0.4 is 5.32 Å². The van der Waals surface area contributed by atoms with Crippen molar-refractivity contribution in [2.24, 2.45) is 0 Å². The Balaban J connectivity index is 2.12. The van der Waals surface area contributed by atoms with Crippen molar-refractivity contribution >= 4 is 0 Å². The second kappa shape index (κ2) is 5.02. The fraction of sp³-hybridized carbons (Fsp3) is 0.692. The van der Waals surface area contributed by atoms with Crippen LogP contribution in [0.1, 0.15) is 25.5 Å². The molecule has 1 aromatic rings. The minimum absolute atomic E-state index is 0.212. The van der Waals surface area contributed by atoms with Crippen LogP contribution in [0.25, 0.3) is 0 Å². The maximum absolute atomic E-state index is 5.64. The number of rotatable bonds is 4. The van der Waals surface area contributed by atoms with E-state index in [1.165, 1.54) is 25.9 Å². The van der Waals surface area contributed by atoms with Crippen LogP contribution in [-0.4, -0.2) is 38.1 Å². The van der Waals surface area contributed by atoms with E-state index in [0.717, 1.165) is 18.8 Å². The molecule has 90 valence electrons. The summed E-state index contributed by atoms with van der Waals surface area (Å²) in [7, 11) is 2.02. The lowest BCUT2D eigenvalue weighted by Gasteiger charge is -2.40. The fourth-order valence-electron chi connectivity index (χ4n) is 2.73. The number of likely N-dealkylation sites (tertiary alicyclic amines) is 1. The average molecular weight is 222 g/mol. The molecule has 0 radical (unpaired) electrons. The number of furan rings is 1. The molecule has 0 aromatic carbocycles. The monoisotopic (exact) mass is 222 g/mol. The van der Waals surface area contributed by atoms with Gasteiger partial charge in [0.15, 0.2) is 0 Å². The van der Waals surface area contributed by atoms with Crippen molar-refractivity contribution in [2.75, 3.05) is 33.2 Å². The third kappa shape index (κ3) is 2.15. The number of likely N-dealkylation sites (N-methyl/N-ethyl adjacent to an activating group) is 1. The summed E-state index contributed by atoms with van der Waals surface area (Å²) >= 11 is 0. The van der Waals surface area contributed by atoms with Crippen LogP contribution in [0.15, 0.2) is 22.8 Å². The molecular weight excluding hydrogens is 200 g/mol. The topological polar surface area (TPSA) is 28.4 Å². The summed E-state index contributed by atoms with van der Waals surface area (Å²) in [6.07, 6.45) is 4.17. The molecule has 16 heavy (non-hydrogen) atoms. The Bertz CT molecular complexity index is 300. The second-order valence-electron chi connectivity index (χ2n) is 4.72. The van der Waals surface area contributed by atoms with Gasteiger partial charge in [-0.25, -0.2) is 0 Å². The third-order valence-electron chi connectivity index (χ3n) is 3.82. The van der Waals surface area contributed by atoms with E-state index in [2.05, 4.69) is 23.2 Å². The first-order valence-corrected chi connectivity index (χ1v) is 6.22. The fourth-order valence-corrected chi connectivity index (χ4v) is 2.73. The normalized spacial score (nSPS) is 21.1. The molecule has 1 N–H and O–H groups in total. The predicted octanol–water partition coefficient (Wildman–Crippen LogP) is 1.85. The lowest BCUT2D eigenvalue weighted by atomic mass is 9.76. The van der Waals surface area contributed by atoms with Crippen LogP contribution in [0.3, 0.4) is 0 Å². The molecule has 1 aliphatic heterocycles. The molecule has 3 nitrogen and oxygen atoms in total. The van der Waals surface area contributed by atoms with Crippen LogP contribution in [0.4, 0.5) is 0 Å². The van der Waals surface area contributed by atoms with Gasteiger partial charge >= 0.3 is 0 Å². The zero-order valence-corrected chi connectivity index (χ0v) is 10.3. The predicted molar refractivity (Wildman–Crippen MR) is 65.7 cm³/mol. The van der Waals surface area contributed by atoms with Gasteiger partial charge in [-0.1, -0.05) is 6.92 Å². The quantitative estimate of drug-likeness (QED) is 0.843. The van der Waals surface area contributed by atoms with Gasteiger partial charge in [-0.15, -0.1) is 0 Å². The van der Waals surface area contributed by atoms with Gasteiger partial charge in [0.25, 0.3) is 0 Å². The van der Waals surface area contributed by atoms with Crippen LogP contribution in [0, 0.1) is 0 Å². The number of hydrogen-bond donors (Lipinski definition) is 1. The summed E-state index contributed by atoms with van der Waals surface area (Å²) in [5, 5.41) is 3.32. The van der Waals surface area contributed by atoms with Crippen molar-refractivity contribution < 1.29 is 4.42 Å². The standard InChI is InChI=1S/C13H22N2O/c1-3-15-8-6-13(7-9-15,11-14-2)12-5-4-10-16-12/h4-5,10,14H,3,6-9,11H2,1-2H3. The van der Waals surface area contributed by atoms with Gasteiger partial charge in [0, 0.05) is 12.0 Å². The molecule has 3 heteroatoms. The highest BCUT2D eigenvalue weighted by Crippen LogP contribution is 2.35. The highest BCUT2D eigenvalue weighted by atomic mass is 16.3. The molecule has 0 atom stereocenters. The Morgan fingerprint density at radius 2 is 2.19 bits per heavy atom. The first-order valence-electron chi connectivity index (χ1n) is 6.22. The third-order valence-corrected chi connectivity index (χ3v) is 3.82. The van der Waals surface area contributed by atoms with Gasteiger partial charge in [-0.2, -0.15) is 0 Å². The van der Waals surface area contributed by atoms with Crippen LogP contribution >= 0.6 is 0 Å². The molecule has 1 aliphatic rings. The summed E-state index contributed by atoms with van der Waals surface area (Å²) in [5.74, 6) is 1.15. The SMILES string of the molecule is CCN1CCC(CNC)(c2ccco2)CC1. The Morgan fingerprint density at radius 1 is 1.44 bits per heavy atom. The molecule has 1 saturated heterocycles. The minimum Gasteiger partial charge on any atom is -0.469 e. The zero-order chi connectivity index (χ0) is 11.4. The van der Waals surface area contributed by atoms with Gasteiger partial charge < -0.3 is 14.6 Å². The molecular formula is C13H22N2O. The number of nitrogens with zero attached hydrogens (tertiary/aromatic N) is 1. The van der Waals surface area contributed by atoms with E-state index in [1.54, 1.807) is 6.26 Å². The minimum atomic E-state index is 0.212. The van der Waals surface area contributed by atoms with Gasteiger partial charge in [0.2, 0.25) is 0 Å². The Hall–Kier alpha value is -0.800. The summed E-state index contributed by atoms with van der Waals surface area (Å²) in [6.45, 7) is 6.77. The van der Waals surface area contributed by atoms with E-state index in [4.69, 9.17) is 4.42 Å². The van der Waals surface area contributed by atoms with E-state index >= 15 is 0 Å². The number of nitrogens with one attached hydrogen (secondary N) is 1. The van der Waals surface area contributed by atoms with Crippen molar-refractivity contribution in [1.29, 1.82) is 0 Å². The van der Waals surface area contributed by atoms with Crippen LogP contribution in [0.2, 0.25) is 0 Å². The summed E-state index contributed by atoms with van der Waals surface area (Å²) in [5.41, 5.74) is 0.212. The van der Waals surface area contributed by atoms with Gasteiger partial charge in [-0.3, -0.25) is 0 Å². The van der Waals surface area contributed by atoms with E-state index in [0.29, 0.717) is 0 Å². The highest BCUT2D eigenvalue weighted by Gasteiger charge is 2.37. The maximum Gasteiger partial charge on any atom is 0.111 e. The molecule has 2 rings (SSSR count). The number of piperidine rings is 1. The molecule has 2 heterocycles. The smallest absolute Gasteiger partial charge is 0.111 e. The largest absolute Gasteiger partial charge is 0.469 e. The molecule has 0 saturated carbocycles. The lowest BCUT2D eigenvalue weighted by molar-refractivity contribution is 0.146. The Kier molecular flexibility index (Phi) is 3.66. The van der Waals surface area contributed by atoms with Gasteiger partial charge in [-0.05, 0) is 51.7 Å². The Morgan fingerprint density at radius 3 is 2.69 bits per heavy atom. The van der Waals surface area contributed by atoms with Crippen LogP contribution in [-0.2, 0) is 5.41 Å². The first kappa shape index (κ1) is 11.7. The highest BCUT2D eigenvalue weighted by molar-refractivity contribution is 5.16. The van der Waals surface area contributed by atoms with Gasteiger partial charge in [0.05, 0.1) is 6.26 Å².